The molecule has 4 nitrogen and oxygen atoms in total. The summed E-state index contributed by atoms with van der Waals surface area (Å²) < 4.78 is 0. The van der Waals surface area contributed by atoms with Gasteiger partial charge in [0.05, 0.1) is 23.1 Å². The molecule has 3 aromatic rings. The Bertz CT molecular complexity index is 600. The van der Waals surface area contributed by atoms with Crippen molar-refractivity contribution in [3.63, 3.8) is 0 Å². The zero-order valence-corrected chi connectivity index (χ0v) is 9.04. The quantitative estimate of drug-likeness (QED) is 0.701. The number of fused-ring (bicyclic) bond motifs is 1. The van der Waals surface area contributed by atoms with E-state index in [1.807, 2.05) is 24.3 Å². The Morgan fingerprint density at radius 3 is 2.88 bits per heavy atom. The number of pyridine rings is 2. The minimum absolute atomic E-state index is 0.631. The lowest BCUT2D eigenvalue weighted by Gasteiger charge is -2.06. The number of nitrogens with one attached hydrogen (secondary N) is 1. The molecule has 4 heteroatoms. The van der Waals surface area contributed by atoms with Gasteiger partial charge < -0.3 is 10.1 Å². The van der Waals surface area contributed by atoms with Gasteiger partial charge >= 0.3 is 0 Å². The van der Waals surface area contributed by atoms with Crippen molar-refractivity contribution in [1.82, 2.24) is 15.0 Å². The predicted molar refractivity (Wildman–Crippen MR) is 64.4 cm³/mol. The van der Waals surface area contributed by atoms with Gasteiger partial charge in [-0.2, -0.15) is 0 Å². The molecule has 0 radical (unpaired) electrons. The van der Waals surface area contributed by atoms with Gasteiger partial charge in [0.15, 0.2) is 0 Å². The maximum Gasteiger partial charge on any atom is 0.136 e. The predicted octanol–water partition coefficient (Wildman–Crippen LogP) is 2.04. The van der Waals surface area contributed by atoms with Crippen molar-refractivity contribution in [2.45, 2.75) is 6.10 Å². The van der Waals surface area contributed by atoms with Crippen LogP contribution in [-0.2, 0) is 0 Å². The van der Waals surface area contributed by atoms with Gasteiger partial charge in [-0.15, -0.1) is 0 Å². The molecule has 0 saturated carbocycles. The van der Waals surface area contributed by atoms with Crippen molar-refractivity contribution in [1.29, 1.82) is 0 Å². The van der Waals surface area contributed by atoms with E-state index in [9.17, 15) is 5.11 Å². The van der Waals surface area contributed by atoms with E-state index in [1.165, 1.54) is 0 Å². The maximum atomic E-state index is 10.2. The van der Waals surface area contributed by atoms with E-state index in [0.29, 0.717) is 5.69 Å². The summed E-state index contributed by atoms with van der Waals surface area (Å²) >= 11 is 0. The summed E-state index contributed by atoms with van der Waals surface area (Å²) in [7, 11) is 0. The van der Waals surface area contributed by atoms with Gasteiger partial charge in [-0.25, -0.2) is 0 Å². The first-order valence-electron chi connectivity index (χ1n) is 5.36. The summed E-state index contributed by atoms with van der Waals surface area (Å²) in [5.41, 5.74) is 2.27. The summed E-state index contributed by atoms with van der Waals surface area (Å²) in [4.78, 5) is 11.3. The fraction of sp³-hybridized carbons (Fsp3) is 0.0769. The summed E-state index contributed by atoms with van der Waals surface area (Å²) in [6.45, 7) is 0. The van der Waals surface area contributed by atoms with Gasteiger partial charge in [0, 0.05) is 17.8 Å². The molecular weight excluding hydrogens is 214 g/mol. The molecule has 0 spiro atoms. The summed E-state index contributed by atoms with van der Waals surface area (Å²) in [6.07, 6.45) is 4.41. The Morgan fingerprint density at radius 2 is 2.12 bits per heavy atom. The SMILES string of the molecule is O[C@H](c1ccccn1)c1cc2ccncc2[nH]1. The molecule has 0 aliphatic heterocycles. The van der Waals surface area contributed by atoms with Crippen LogP contribution in [0.1, 0.15) is 17.5 Å². The zero-order valence-electron chi connectivity index (χ0n) is 9.04. The number of aliphatic hydroxyl groups is 1. The topological polar surface area (TPSA) is 61.8 Å². The molecule has 0 aromatic carbocycles. The summed E-state index contributed by atoms with van der Waals surface area (Å²) in [5, 5.41) is 11.2. The lowest BCUT2D eigenvalue weighted by Crippen LogP contribution is -2.01. The molecule has 3 heterocycles. The fourth-order valence-electron chi connectivity index (χ4n) is 1.84. The largest absolute Gasteiger partial charge is 0.380 e. The number of nitrogens with zero attached hydrogens (tertiary/aromatic N) is 2. The Labute approximate surface area is 98.0 Å². The number of hydrogen-bond donors (Lipinski definition) is 2. The molecule has 3 rings (SSSR count). The molecule has 1 atom stereocenters. The van der Waals surface area contributed by atoms with Gasteiger partial charge in [-0.1, -0.05) is 6.07 Å². The average molecular weight is 225 g/mol. The molecule has 0 unspecified atom stereocenters. The Morgan fingerprint density at radius 1 is 1.18 bits per heavy atom. The number of H-pyrrole nitrogens is 1. The number of aromatic amines is 1. The van der Waals surface area contributed by atoms with Crippen LogP contribution in [0.5, 0.6) is 0 Å². The van der Waals surface area contributed by atoms with Gasteiger partial charge in [-0.05, 0) is 24.3 Å². The second-order valence-corrected chi connectivity index (χ2v) is 3.84. The second-order valence-electron chi connectivity index (χ2n) is 3.84. The van der Waals surface area contributed by atoms with Gasteiger partial charge in [0.2, 0.25) is 0 Å². The highest BCUT2D eigenvalue weighted by Crippen LogP contribution is 2.23. The smallest absolute Gasteiger partial charge is 0.136 e. The second kappa shape index (κ2) is 3.99. The van der Waals surface area contributed by atoms with Gasteiger partial charge in [0.1, 0.15) is 6.10 Å². The summed E-state index contributed by atoms with van der Waals surface area (Å²) in [6, 6.07) is 9.30. The molecule has 0 fully saturated rings. The molecule has 0 bridgehead atoms. The first kappa shape index (κ1) is 9.99. The van der Waals surface area contributed by atoms with Crippen LogP contribution in [0.25, 0.3) is 10.9 Å². The molecule has 0 aliphatic carbocycles. The zero-order chi connectivity index (χ0) is 11.7. The van der Waals surface area contributed by atoms with Crippen molar-refractivity contribution < 1.29 is 5.11 Å². The van der Waals surface area contributed by atoms with E-state index in [-0.39, 0.29) is 0 Å². The molecule has 0 amide bonds. The molecular formula is C13H11N3O. The highest BCUT2D eigenvalue weighted by molar-refractivity contribution is 5.79. The third kappa shape index (κ3) is 1.79. The molecule has 2 N–H and O–H groups in total. The lowest BCUT2D eigenvalue weighted by molar-refractivity contribution is 0.211. The van der Waals surface area contributed by atoms with Crippen LogP contribution < -0.4 is 0 Å². The van der Waals surface area contributed by atoms with Crippen molar-refractivity contribution in [3.8, 4) is 0 Å². The van der Waals surface area contributed by atoms with Crippen LogP contribution in [0, 0.1) is 0 Å². The van der Waals surface area contributed by atoms with E-state index in [2.05, 4.69) is 15.0 Å². The van der Waals surface area contributed by atoms with Crippen molar-refractivity contribution in [2.24, 2.45) is 0 Å². The van der Waals surface area contributed by atoms with Crippen LogP contribution in [0.4, 0.5) is 0 Å². The van der Waals surface area contributed by atoms with E-state index in [0.717, 1.165) is 16.6 Å². The van der Waals surface area contributed by atoms with Gasteiger partial charge in [-0.3, -0.25) is 9.97 Å². The maximum absolute atomic E-state index is 10.2. The van der Waals surface area contributed by atoms with E-state index in [1.54, 1.807) is 24.7 Å². The molecule has 0 aliphatic rings. The standard InChI is InChI=1S/C13H11N3O/c17-13(10-3-1-2-5-15-10)11-7-9-4-6-14-8-12(9)16-11/h1-8,13,16-17H/t13-/m1/s1. The van der Waals surface area contributed by atoms with Crippen molar-refractivity contribution in [3.05, 3.63) is 60.3 Å². The normalized spacial score (nSPS) is 12.8. The van der Waals surface area contributed by atoms with E-state index >= 15 is 0 Å². The number of hydrogen-bond acceptors (Lipinski definition) is 3. The highest BCUT2D eigenvalue weighted by Gasteiger charge is 2.13. The first-order chi connectivity index (χ1) is 8.34. The third-order valence-corrected chi connectivity index (χ3v) is 2.71. The van der Waals surface area contributed by atoms with Crippen LogP contribution in [0.3, 0.4) is 0 Å². The first-order valence-corrected chi connectivity index (χ1v) is 5.36. The van der Waals surface area contributed by atoms with Crippen LogP contribution in [0.15, 0.2) is 48.9 Å². The van der Waals surface area contributed by atoms with Gasteiger partial charge in [0.25, 0.3) is 0 Å². The fourth-order valence-corrected chi connectivity index (χ4v) is 1.84. The molecule has 84 valence electrons. The van der Waals surface area contributed by atoms with Crippen LogP contribution in [0.2, 0.25) is 0 Å². The third-order valence-electron chi connectivity index (χ3n) is 2.71. The molecule has 0 saturated heterocycles. The molecule has 17 heavy (non-hydrogen) atoms. The minimum Gasteiger partial charge on any atom is -0.380 e. The Hall–Kier alpha value is -2.20. The highest BCUT2D eigenvalue weighted by atomic mass is 16.3. The summed E-state index contributed by atoms with van der Waals surface area (Å²) in [5.74, 6) is 0. The van der Waals surface area contributed by atoms with Crippen LogP contribution in [-0.4, -0.2) is 20.1 Å². The average Bonchev–Trinajstić information content (AvgIpc) is 2.82. The number of aliphatic hydroxyl groups excluding tert-OH is 1. The Balaban J connectivity index is 2.04. The Kier molecular flexibility index (Phi) is 2.34. The van der Waals surface area contributed by atoms with Crippen LogP contribution >= 0.6 is 0 Å². The number of aromatic nitrogens is 3. The van der Waals surface area contributed by atoms with Crippen molar-refractivity contribution >= 4 is 10.9 Å². The molecule has 3 aromatic heterocycles. The van der Waals surface area contributed by atoms with Crippen molar-refractivity contribution in [2.75, 3.05) is 0 Å². The number of rotatable bonds is 2. The van der Waals surface area contributed by atoms with E-state index in [4.69, 9.17) is 0 Å². The lowest BCUT2D eigenvalue weighted by atomic mass is 10.1. The van der Waals surface area contributed by atoms with E-state index < -0.39 is 6.10 Å². The minimum atomic E-state index is -0.733. The monoisotopic (exact) mass is 225 g/mol.